The van der Waals surface area contributed by atoms with Crippen LogP contribution in [-0.4, -0.2) is 17.9 Å². The highest BCUT2D eigenvalue weighted by Crippen LogP contribution is 2.42. The molecule has 0 heterocycles. The molecule has 13 heavy (non-hydrogen) atoms. The molecule has 0 aromatic carbocycles. The van der Waals surface area contributed by atoms with Crippen molar-refractivity contribution >= 4 is 5.91 Å². The van der Waals surface area contributed by atoms with Gasteiger partial charge in [0.05, 0.1) is 0 Å². The Kier molecular flexibility index (Phi) is 2.68. The third-order valence-electron chi connectivity index (χ3n) is 2.18. The number of amides is 1. The summed E-state index contributed by atoms with van der Waals surface area (Å²) in [5.41, 5.74) is 0. The minimum Gasteiger partial charge on any atom is -0.350 e. The Bertz CT molecular complexity index is 220. The van der Waals surface area contributed by atoms with Crippen molar-refractivity contribution in [3.05, 3.63) is 12.7 Å². The summed E-state index contributed by atoms with van der Waals surface area (Å²) in [6, 6.07) is -0.151. The summed E-state index contributed by atoms with van der Waals surface area (Å²) in [6.45, 7) is 5.23. The summed E-state index contributed by atoms with van der Waals surface area (Å²) in [7, 11) is 0. The van der Waals surface area contributed by atoms with Crippen molar-refractivity contribution in [2.75, 3.05) is 0 Å². The van der Waals surface area contributed by atoms with E-state index < -0.39 is 11.8 Å². The first-order valence-corrected chi connectivity index (χ1v) is 4.25. The molecule has 1 amide bonds. The van der Waals surface area contributed by atoms with Crippen molar-refractivity contribution < 1.29 is 13.6 Å². The van der Waals surface area contributed by atoms with Gasteiger partial charge in [-0.25, -0.2) is 8.78 Å². The topological polar surface area (TPSA) is 29.1 Å². The lowest BCUT2D eigenvalue weighted by molar-refractivity contribution is -0.150. The lowest BCUT2D eigenvalue weighted by Crippen LogP contribution is -2.46. The van der Waals surface area contributed by atoms with Crippen LogP contribution in [0.25, 0.3) is 0 Å². The van der Waals surface area contributed by atoms with Gasteiger partial charge in [0.15, 0.2) is 0 Å². The molecule has 0 aromatic rings. The number of carbonyl (C=O) groups is 1. The number of rotatable bonds is 3. The zero-order chi connectivity index (χ0) is 10.1. The minimum absolute atomic E-state index is 0.151. The standard InChI is InChI=1S/C9H13F2NO/c1-3-6(2)12-8(13)7-4-9(10,11)5-7/h3,6-7H,1,4-5H2,2H3,(H,12,13). The molecule has 1 saturated carbocycles. The Balaban J connectivity index is 2.31. The van der Waals surface area contributed by atoms with E-state index in [0.717, 1.165) is 0 Å². The van der Waals surface area contributed by atoms with Crippen LogP contribution >= 0.6 is 0 Å². The van der Waals surface area contributed by atoms with Crippen LogP contribution in [0.2, 0.25) is 0 Å². The van der Waals surface area contributed by atoms with Crippen LogP contribution in [0.15, 0.2) is 12.7 Å². The molecule has 1 aliphatic carbocycles. The molecule has 1 N–H and O–H groups in total. The number of halogens is 2. The van der Waals surface area contributed by atoms with Gasteiger partial charge in [0, 0.05) is 24.8 Å². The lowest BCUT2D eigenvalue weighted by atomic mass is 9.80. The minimum atomic E-state index is -2.63. The van der Waals surface area contributed by atoms with Crippen LogP contribution in [0.3, 0.4) is 0 Å². The summed E-state index contributed by atoms with van der Waals surface area (Å²) in [4.78, 5) is 11.2. The smallest absolute Gasteiger partial charge is 0.249 e. The van der Waals surface area contributed by atoms with Gasteiger partial charge in [0.25, 0.3) is 0 Å². The van der Waals surface area contributed by atoms with E-state index in [1.54, 1.807) is 13.0 Å². The summed E-state index contributed by atoms with van der Waals surface area (Å²) in [5.74, 6) is -3.44. The molecule has 1 unspecified atom stereocenters. The SMILES string of the molecule is C=CC(C)NC(=O)C1CC(F)(F)C1. The molecular weight excluding hydrogens is 176 g/mol. The Labute approximate surface area is 76.0 Å². The summed E-state index contributed by atoms with van der Waals surface area (Å²) in [5, 5.41) is 2.58. The second-order valence-electron chi connectivity index (χ2n) is 3.49. The maximum Gasteiger partial charge on any atom is 0.249 e. The third-order valence-corrected chi connectivity index (χ3v) is 2.18. The molecule has 1 aliphatic rings. The number of nitrogens with one attached hydrogen (secondary N) is 1. The molecule has 0 aliphatic heterocycles. The monoisotopic (exact) mass is 189 g/mol. The highest BCUT2D eigenvalue weighted by molar-refractivity contribution is 5.80. The largest absolute Gasteiger partial charge is 0.350 e. The molecule has 0 aromatic heterocycles. The van der Waals surface area contributed by atoms with E-state index >= 15 is 0 Å². The summed E-state index contributed by atoms with van der Waals surface area (Å²) in [6.07, 6.45) is 0.931. The predicted octanol–water partition coefficient (Wildman–Crippen LogP) is 1.72. The quantitative estimate of drug-likeness (QED) is 0.673. The van der Waals surface area contributed by atoms with Gasteiger partial charge in [-0.3, -0.25) is 4.79 Å². The van der Waals surface area contributed by atoms with Crippen LogP contribution in [-0.2, 0) is 4.79 Å². The van der Waals surface area contributed by atoms with E-state index in [1.165, 1.54) is 0 Å². The van der Waals surface area contributed by atoms with E-state index in [9.17, 15) is 13.6 Å². The van der Waals surface area contributed by atoms with Gasteiger partial charge in [0.2, 0.25) is 11.8 Å². The summed E-state index contributed by atoms with van der Waals surface area (Å²) < 4.78 is 24.7. The van der Waals surface area contributed by atoms with Crippen molar-refractivity contribution in [3.8, 4) is 0 Å². The average molecular weight is 189 g/mol. The molecule has 4 heteroatoms. The first-order valence-electron chi connectivity index (χ1n) is 4.25. The van der Waals surface area contributed by atoms with Gasteiger partial charge in [-0.1, -0.05) is 6.08 Å². The highest BCUT2D eigenvalue weighted by Gasteiger charge is 2.48. The van der Waals surface area contributed by atoms with Crippen LogP contribution in [0.1, 0.15) is 19.8 Å². The number of carbonyl (C=O) groups excluding carboxylic acids is 1. The van der Waals surface area contributed by atoms with Crippen LogP contribution in [0, 0.1) is 5.92 Å². The Morgan fingerprint density at radius 1 is 1.69 bits per heavy atom. The van der Waals surface area contributed by atoms with Gasteiger partial charge < -0.3 is 5.32 Å². The Morgan fingerprint density at radius 3 is 2.62 bits per heavy atom. The van der Waals surface area contributed by atoms with E-state index in [-0.39, 0.29) is 24.8 Å². The van der Waals surface area contributed by atoms with Crippen molar-refractivity contribution in [2.45, 2.75) is 31.7 Å². The maximum absolute atomic E-state index is 12.4. The first kappa shape index (κ1) is 10.2. The second-order valence-corrected chi connectivity index (χ2v) is 3.49. The van der Waals surface area contributed by atoms with E-state index in [0.29, 0.717) is 0 Å². The normalized spacial score (nSPS) is 23.0. The van der Waals surface area contributed by atoms with Crippen LogP contribution < -0.4 is 5.32 Å². The lowest BCUT2D eigenvalue weighted by Gasteiger charge is -2.34. The van der Waals surface area contributed by atoms with Crippen molar-refractivity contribution in [1.82, 2.24) is 5.32 Å². The molecule has 1 atom stereocenters. The fourth-order valence-corrected chi connectivity index (χ4v) is 1.25. The fraction of sp³-hybridized carbons (Fsp3) is 0.667. The van der Waals surface area contributed by atoms with Crippen molar-refractivity contribution in [3.63, 3.8) is 0 Å². The molecular formula is C9H13F2NO. The molecule has 0 bridgehead atoms. The Hall–Kier alpha value is -0.930. The zero-order valence-corrected chi connectivity index (χ0v) is 7.52. The van der Waals surface area contributed by atoms with Crippen LogP contribution in [0.4, 0.5) is 8.78 Å². The van der Waals surface area contributed by atoms with Crippen LogP contribution in [0.5, 0.6) is 0 Å². The van der Waals surface area contributed by atoms with Gasteiger partial charge in [0.1, 0.15) is 0 Å². The van der Waals surface area contributed by atoms with Crippen molar-refractivity contribution in [1.29, 1.82) is 0 Å². The van der Waals surface area contributed by atoms with E-state index in [1.807, 2.05) is 0 Å². The Morgan fingerprint density at radius 2 is 2.23 bits per heavy atom. The third kappa shape index (κ3) is 2.50. The summed E-state index contributed by atoms with van der Waals surface area (Å²) >= 11 is 0. The van der Waals surface area contributed by atoms with Gasteiger partial charge >= 0.3 is 0 Å². The van der Waals surface area contributed by atoms with Gasteiger partial charge in [-0.05, 0) is 6.92 Å². The average Bonchev–Trinajstić information content (AvgIpc) is 1.99. The van der Waals surface area contributed by atoms with Gasteiger partial charge in [-0.2, -0.15) is 0 Å². The number of alkyl halides is 2. The van der Waals surface area contributed by atoms with E-state index in [4.69, 9.17) is 0 Å². The zero-order valence-electron chi connectivity index (χ0n) is 7.52. The predicted molar refractivity (Wildman–Crippen MR) is 45.5 cm³/mol. The molecule has 0 radical (unpaired) electrons. The molecule has 74 valence electrons. The number of hydrogen-bond acceptors (Lipinski definition) is 1. The molecule has 2 nitrogen and oxygen atoms in total. The first-order chi connectivity index (χ1) is 5.94. The molecule has 0 spiro atoms. The number of hydrogen-bond donors (Lipinski definition) is 1. The maximum atomic E-state index is 12.4. The molecule has 1 fully saturated rings. The highest BCUT2D eigenvalue weighted by atomic mass is 19.3. The van der Waals surface area contributed by atoms with E-state index in [2.05, 4.69) is 11.9 Å². The second kappa shape index (κ2) is 3.44. The van der Waals surface area contributed by atoms with Gasteiger partial charge in [-0.15, -0.1) is 6.58 Å². The molecule has 0 saturated heterocycles. The fourth-order valence-electron chi connectivity index (χ4n) is 1.25. The van der Waals surface area contributed by atoms with Crippen molar-refractivity contribution in [2.24, 2.45) is 5.92 Å². The molecule has 1 rings (SSSR count).